The Morgan fingerprint density at radius 1 is 1.33 bits per heavy atom. The molecule has 0 bridgehead atoms. The molecular formula is C18H25NO4S. The van der Waals surface area contributed by atoms with Crippen LogP contribution in [0.4, 0.5) is 4.79 Å². The zero-order valence-corrected chi connectivity index (χ0v) is 15.5. The third-order valence-corrected chi connectivity index (χ3v) is 5.41. The maximum absolute atomic E-state index is 12.6. The summed E-state index contributed by atoms with van der Waals surface area (Å²) in [6, 6.07) is 2.08. The van der Waals surface area contributed by atoms with Crippen molar-refractivity contribution in [3.05, 3.63) is 21.9 Å². The Kier molecular flexibility index (Phi) is 4.60. The Morgan fingerprint density at radius 2 is 2.04 bits per heavy atom. The minimum absolute atomic E-state index is 0.185. The van der Waals surface area contributed by atoms with Gasteiger partial charge in [0.15, 0.2) is 0 Å². The highest BCUT2D eigenvalue weighted by molar-refractivity contribution is 7.10. The van der Waals surface area contributed by atoms with Crippen LogP contribution in [0.3, 0.4) is 0 Å². The normalized spacial score (nSPS) is 22.8. The molecule has 2 aliphatic rings. The zero-order valence-electron chi connectivity index (χ0n) is 14.7. The average molecular weight is 351 g/mol. The first-order valence-corrected chi connectivity index (χ1v) is 9.33. The molecule has 2 fully saturated rings. The second kappa shape index (κ2) is 6.39. The van der Waals surface area contributed by atoms with E-state index in [0.717, 1.165) is 17.8 Å². The summed E-state index contributed by atoms with van der Waals surface area (Å²) in [5, 5.41) is 1.83. The second-order valence-electron chi connectivity index (χ2n) is 7.71. The van der Waals surface area contributed by atoms with Crippen LogP contribution in [0.2, 0.25) is 0 Å². The van der Waals surface area contributed by atoms with Crippen LogP contribution in [0.5, 0.6) is 0 Å². The summed E-state index contributed by atoms with van der Waals surface area (Å²) in [6.45, 7) is 6.47. The molecule has 2 unspecified atom stereocenters. The van der Waals surface area contributed by atoms with Crippen molar-refractivity contribution >= 4 is 23.4 Å². The monoisotopic (exact) mass is 351 g/mol. The van der Waals surface area contributed by atoms with Gasteiger partial charge in [-0.3, -0.25) is 0 Å². The maximum Gasteiger partial charge on any atom is 0.410 e. The van der Waals surface area contributed by atoms with Crippen molar-refractivity contribution in [1.82, 2.24) is 4.90 Å². The van der Waals surface area contributed by atoms with Gasteiger partial charge in [-0.25, -0.2) is 9.59 Å². The van der Waals surface area contributed by atoms with Gasteiger partial charge in [0.2, 0.25) is 0 Å². The molecule has 1 aromatic rings. The van der Waals surface area contributed by atoms with Gasteiger partial charge in [0.1, 0.15) is 5.60 Å². The van der Waals surface area contributed by atoms with Crippen LogP contribution in [0, 0.1) is 5.92 Å². The number of carbonyl (C=O) groups excluding carboxylic acids is 2. The van der Waals surface area contributed by atoms with E-state index in [4.69, 9.17) is 9.47 Å². The van der Waals surface area contributed by atoms with Crippen LogP contribution in [0.15, 0.2) is 11.4 Å². The fraction of sp³-hybridized carbons (Fsp3) is 0.667. The van der Waals surface area contributed by atoms with Crippen molar-refractivity contribution in [3.8, 4) is 0 Å². The molecule has 0 N–H and O–H groups in total. The van der Waals surface area contributed by atoms with Crippen molar-refractivity contribution in [1.29, 1.82) is 0 Å². The van der Waals surface area contributed by atoms with Crippen LogP contribution in [-0.2, 0) is 9.47 Å². The van der Waals surface area contributed by atoms with E-state index in [9.17, 15) is 9.59 Å². The summed E-state index contributed by atoms with van der Waals surface area (Å²) in [4.78, 5) is 27.2. The minimum Gasteiger partial charge on any atom is -0.465 e. The molecule has 0 saturated heterocycles. The molecule has 2 saturated carbocycles. The fourth-order valence-corrected chi connectivity index (χ4v) is 3.90. The Labute approximate surface area is 146 Å². The predicted molar refractivity (Wildman–Crippen MR) is 92.5 cm³/mol. The van der Waals surface area contributed by atoms with Crippen molar-refractivity contribution in [2.45, 2.75) is 57.6 Å². The van der Waals surface area contributed by atoms with Crippen molar-refractivity contribution in [2.24, 2.45) is 5.92 Å². The minimum atomic E-state index is -0.482. The van der Waals surface area contributed by atoms with Crippen LogP contribution in [0.25, 0.3) is 0 Å². The fourth-order valence-electron chi connectivity index (χ4n) is 2.85. The first-order valence-electron chi connectivity index (χ1n) is 8.45. The van der Waals surface area contributed by atoms with Crippen molar-refractivity contribution < 1.29 is 19.1 Å². The van der Waals surface area contributed by atoms with Gasteiger partial charge in [-0.15, -0.1) is 11.3 Å². The molecule has 0 aromatic carbocycles. The molecule has 0 spiro atoms. The zero-order chi connectivity index (χ0) is 17.5. The number of thiophene rings is 1. The highest BCUT2D eigenvalue weighted by atomic mass is 32.1. The summed E-state index contributed by atoms with van der Waals surface area (Å²) < 4.78 is 10.4. The van der Waals surface area contributed by atoms with E-state index in [-0.39, 0.29) is 18.1 Å². The van der Waals surface area contributed by atoms with E-state index in [2.05, 4.69) is 0 Å². The van der Waals surface area contributed by atoms with Crippen LogP contribution >= 0.6 is 11.3 Å². The van der Waals surface area contributed by atoms with E-state index in [1.807, 2.05) is 37.1 Å². The number of esters is 1. The second-order valence-corrected chi connectivity index (χ2v) is 8.66. The molecule has 2 aliphatic carbocycles. The van der Waals surface area contributed by atoms with Crippen LogP contribution < -0.4 is 0 Å². The van der Waals surface area contributed by atoms with Gasteiger partial charge in [-0.05, 0) is 52.0 Å². The summed E-state index contributed by atoms with van der Waals surface area (Å²) in [6.07, 6.45) is 3.11. The molecule has 3 rings (SSSR count). The first kappa shape index (κ1) is 17.3. The Hall–Kier alpha value is -1.56. The molecule has 2 atom stereocenters. The third-order valence-electron chi connectivity index (χ3n) is 4.34. The van der Waals surface area contributed by atoms with Gasteiger partial charge < -0.3 is 14.4 Å². The first-order chi connectivity index (χ1) is 11.3. The van der Waals surface area contributed by atoms with Crippen LogP contribution in [0.1, 0.15) is 61.2 Å². The highest BCUT2D eigenvalue weighted by Gasteiger charge is 2.48. The summed E-state index contributed by atoms with van der Waals surface area (Å²) in [7, 11) is 1.39. The highest BCUT2D eigenvalue weighted by Crippen LogP contribution is 2.48. The lowest BCUT2D eigenvalue weighted by molar-refractivity contribution is 0.0220. The van der Waals surface area contributed by atoms with E-state index >= 15 is 0 Å². The maximum atomic E-state index is 12.6. The largest absolute Gasteiger partial charge is 0.465 e. The van der Waals surface area contributed by atoms with Gasteiger partial charge in [0.05, 0.1) is 12.7 Å². The smallest absolute Gasteiger partial charge is 0.410 e. The van der Waals surface area contributed by atoms with Gasteiger partial charge in [-0.2, -0.15) is 0 Å². The van der Waals surface area contributed by atoms with Crippen molar-refractivity contribution in [3.63, 3.8) is 0 Å². The van der Waals surface area contributed by atoms with Gasteiger partial charge in [0.25, 0.3) is 0 Å². The number of ether oxygens (including phenoxy) is 2. The van der Waals surface area contributed by atoms with E-state index in [1.165, 1.54) is 20.0 Å². The Morgan fingerprint density at radius 3 is 2.62 bits per heavy atom. The molecule has 6 heteroatoms. The lowest BCUT2D eigenvalue weighted by Gasteiger charge is -2.28. The van der Waals surface area contributed by atoms with Gasteiger partial charge in [0, 0.05) is 28.8 Å². The SMILES string of the molecule is COC(=O)c1csc(C2CC2N(CC2CC2)C(=O)OC(C)(C)C)c1. The van der Waals surface area contributed by atoms with E-state index in [0.29, 0.717) is 17.4 Å². The third kappa shape index (κ3) is 4.09. The quantitative estimate of drug-likeness (QED) is 0.751. The molecule has 1 amide bonds. The predicted octanol–water partition coefficient (Wildman–Crippen LogP) is 4.04. The molecular weight excluding hydrogens is 326 g/mol. The van der Waals surface area contributed by atoms with Gasteiger partial charge in [-0.1, -0.05) is 0 Å². The standard InChI is InChI=1S/C18H25NO4S/c1-18(2,3)23-17(21)19(9-11-5-6-11)14-8-13(14)15-7-12(10-24-15)16(20)22-4/h7,10-11,13-14H,5-6,8-9H2,1-4H3. The Balaban J connectivity index is 1.67. The molecule has 0 radical (unpaired) electrons. The molecule has 132 valence electrons. The number of amides is 1. The number of methoxy groups -OCH3 is 1. The lowest BCUT2D eigenvalue weighted by Crippen LogP contribution is -2.40. The summed E-state index contributed by atoms with van der Waals surface area (Å²) >= 11 is 1.56. The summed E-state index contributed by atoms with van der Waals surface area (Å²) in [5.41, 5.74) is 0.110. The number of hydrogen-bond donors (Lipinski definition) is 0. The van der Waals surface area contributed by atoms with E-state index < -0.39 is 5.60 Å². The van der Waals surface area contributed by atoms with E-state index in [1.54, 1.807) is 11.3 Å². The number of hydrogen-bond acceptors (Lipinski definition) is 5. The molecule has 5 nitrogen and oxygen atoms in total. The molecule has 1 heterocycles. The Bertz CT molecular complexity index is 629. The number of rotatable bonds is 5. The number of carbonyl (C=O) groups is 2. The van der Waals surface area contributed by atoms with Gasteiger partial charge >= 0.3 is 12.1 Å². The van der Waals surface area contributed by atoms with Crippen LogP contribution in [-0.4, -0.2) is 42.3 Å². The molecule has 0 aliphatic heterocycles. The molecule has 24 heavy (non-hydrogen) atoms. The topological polar surface area (TPSA) is 55.8 Å². The van der Waals surface area contributed by atoms with Crippen molar-refractivity contribution in [2.75, 3.05) is 13.7 Å². The number of nitrogens with zero attached hydrogens (tertiary/aromatic N) is 1. The summed E-state index contributed by atoms with van der Waals surface area (Å²) in [5.74, 6) is 0.615. The molecule has 1 aromatic heterocycles. The lowest BCUT2D eigenvalue weighted by atomic mass is 10.2. The average Bonchev–Trinajstić information content (AvgIpc) is 3.41.